The molecule has 1 N–H and O–H groups in total. The molecule has 0 spiro atoms. The van der Waals surface area contributed by atoms with Crippen molar-refractivity contribution in [1.82, 2.24) is 0 Å². The van der Waals surface area contributed by atoms with Gasteiger partial charge in [-0.15, -0.1) is 11.3 Å². The third-order valence-electron chi connectivity index (χ3n) is 4.13. The fraction of sp³-hybridized carbons (Fsp3) is 0.375. The Morgan fingerprint density at radius 1 is 1.19 bits per heavy atom. The van der Waals surface area contributed by atoms with Crippen molar-refractivity contribution in [2.75, 3.05) is 11.6 Å². The van der Waals surface area contributed by atoms with Crippen LogP contribution in [0.15, 0.2) is 34.5 Å². The van der Waals surface area contributed by atoms with Gasteiger partial charge in [0.1, 0.15) is 0 Å². The molecule has 112 valence electrons. The van der Waals surface area contributed by atoms with Gasteiger partial charge >= 0.3 is 0 Å². The number of benzene rings is 1. The van der Waals surface area contributed by atoms with Crippen LogP contribution in [0.2, 0.25) is 0 Å². The molecule has 1 aromatic heterocycles. The second kappa shape index (κ2) is 5.14. The van der Waals surface area contributed by atoms with Crippen molar-refractivity contribution in [1.29, 1.82) is 0 Å². The van der Waals surface area contributed by atoms with Crippen molar-refractivity contribution < 1.29 is 8.42 Å². The van der Waals surface area contributed by atoms with E-state index in [0.717, 1.165) is 6.42 Å². The molecule has 0 radical (unpaired) electrons. The average molecular weight is 321 g/mol. The Morgan fingerprint density at radius 2 is 1.86 bits per heavy atom. The molecule has 1 heterocycles. The maximum absolute atomic E-state index is 11.5. The summed E-state index contributed by atoms with van der Waals surface area (Å²) in [5, 5.41) is 7.03. The third-order valence-corrected chi connectivity index (χ3v) is 6.39. The first-order valence-electron chi connectivity index (χ1n) is 6.97. The minimum absolute atomic E-state index is 0.390. The van der Waals surface area contributed by atoms with Gasteiger partial charge in [0.15, 0.2) is 9.84 Å². The Labute approximate surface area is 129 Å². The van der Waals surface area contributed by atoms with Gasteiger partial charge in [-0.3, -0.25) is 0 Å². The summed E-state index contributed by atoms with van der Waals surface area (Å²) in [4.78, 5) is 0.390. The zero-order chi connectivity index (χ0) is 15.2. The quantitative estimate of drug-likeness (QED) is 0.933. The molecule has 0 bridgehead atoms. The van der Waals surface area contributed by atoms with Gasteiger partial charge in [0.25, 0.3) is 0 Å². The molecule has 3 rings (SSSR count). The number of hydrogen-bond donors (Lipinski definition) is 1. The highest BCUT2D eigenvalue weighted by Crippen LogP contribution is 2.44. The van der Waals surface area contributed by atoms with E-state index in [9.17, 15) is 8.42 Å². The molecule has 1 aliphatic rings. The Hall–Kier alpha value is -1.33. The van der Waals surface area contributed by atoms with E-state index in [4.69, 9.17) is 0 Å². The summed E-state index contributed by atoms with van der Waals surface area (Å²) in [6.45, 7) is 4.28. The predicted octanol–water partition coefficient (Wildman–Crippen LogP) is 3.74. The summed E-state index contributed by atoms with van der Waals surface area (Å²) < 4.78 is 22.9. The van der Waals surface area contributed by atoms with Gasteiger partial charge in [-0.25, -0.2) is 8.42 Å². The fourth-order valence-electron chi connectivity index (χ4n) is 2.50. The van der Waals surface area contributed by atoms with Crippen LogP contribution in [0.5, 0.6) is 0 Å². The van der Waals surface area contributed by atoms with Crippen molar-refractivity contribution in [3.05, 3.63) is 46.3 Å². The lowest BCUT2D eigenvalue weighted by atomic mass is 10.1. The van der Waals surface area contributed by atoms with Crippen LogP contribution < -0.4 is 5.32 Å². The minimum Gasteiger partial charge on any atom is -0.373 e. The lowest BCUT2D eigenvalue weighted by molar-refractivity contribution is 0.602. The molecule has 2 atom stereocenters. The van der Waals surface area contributed by atoms with Crippen molar-refractivity contribution in [2.24, 2.45) is 0 Å². The van der Waals surface area contributed by atoms with E-state index in [0.29, 0.717) is 16.9 Å². The van der Waals surface area contributed by atoms with E-state index in [1.165, 1.54) is 27.9 Å². The number of aryl methyl sites for hydroxylation is 1. The van der Waals surface area contributed by atoms with Gasteiger partial charge in [0, 0.05) is 18.2 Å². The first-order chi connectivity index (χ1) is 9.86. The van der Waals surface area contributed by atoms with Gasteiger partial charge in [0.05, 0.1) is 9.90 Å². The van der Waals surface area contributed by atoms with Gasteiger partial charge in [0.2, 0.25) is 0 Å². The molecular formula is C16H19NO2S2. The molecule has 0 aliphatic heterocycles. The lowest BCUT2D eigenvalue weighted by Crippen LogP contribution is -2.04. The molecule has 3 nitrogen and oxygen atoms in total. The molecule has 21 heavy (non-hydrogen) atoms. The van der Waals surface area contributed by atoms with Crippen molar-refractivity contribution in [3.8, 4) is 0 Å². The molecule has 0 amide bonds. The van der Waals surface area contributed by atoms with Crippen molar-refractivity contribution in [3.63, 3.8) is 0 Å². The second-order valence-electron chi connectivity index (χ2n) is 5.81. The van der Waals surface area contributed by atoms with Gasteiger partial charge < -0.3 is 5.32 Å². The average Bonchev–Trinajstić information content (AvgIpc) is 3.13. The van der Waals surface area contributed by atoms with Crippen LogP contribution in [-0.4, -0.2) is 20.7 Å². The summed E-state index contributed by atoms with van der Waals surface area (Å²) in [6, 6.07) is 7.76. The lowest BCUT2D eigenvalue weighted by Gasteiger charge is -2.06. The molecule has 1 saturated carbocycles. The highest BCUT2D eigenvalue weighted by molar-refractivity contribution is 7.90. The summed E-state index contributed by atoms with van der Waals surface area (Å²) in [5.41, 5.74) is 3.88. The van der Waals surface area contributed by atoms with Crippen LogP contribution >= 0.6 is 11.3 Å². The van der Waals surface area contributed by atoms with Gasteiger partial charge in [-0.05, 0) is 54.5 Å². The highest BCUT2D eigenvalue weighted by Gasteiger charge is 2.38. The highest BCUT2D eigenvalue weighted by atomic mass is 32.2. The molecule has 5 heteroatoms. The fourth-order valence-corrected chi connectivity index (χ4v) is 4.16. The SMILES string of the molecule is Cc1csc(NC2CC2c2ccc(S(C)(=O)=O)cc2)c1C. The largest absolute Gasteiger partial charge is 0.373 e. The van der Waals surface area contributed by atoms with Crippen LogP contribution in [0.1, 0.15) is 29.0 Å². The third kappa shape index (κ3) is 2.99. The maximum atomic E-state index is 11.5. The van der Waals surface area contributed by atoms with Crippen LogP contribution in [0, 0.1) is 13.8 Å². The first kappa shape index (κ1) is 14.6. The van der Waals surface area contributed by atoms with Gasteiger partial charge in [-0.2, -0.15) is 0 Å². The van der Waals surface area contributed by atoms with E-state index < -0.39 is 9.84 Å². The van der Waals surface area contributed by atoms with E-state index in [1.54, 1.807) is 23.5 Å². The van der Waals surface area contributed by atoms with Crippen LogP contribution in [0.3, 0.4) is 0 Å². The summed E-state index contributed by atoms with van der Waals surface area (Å²) in [6.07, 6.45) is 2.35. The second-order valence-corrected chi connectivity index (χ2v) is 8.70. The molecule has 1 aromatic carbocycles. The number of sulfone groups is 1. The van der Waals surface area contributed by atoms with E-state index in [2.05, 4.69) is 24.5 Å². The standard InChI is InChI=1S/C16H19NO2S2/c1-10-9-20-16(11(10)2)17-15-8-14(15)12-4-6-13(7-5-12)21(3,18)19/h4-7,9,14-15,17H,8H2,1-3H3. The number of rotatable bonds is 4. The van der Waals surface area contributed by atoms with E-state index in [1.807, 2.05) is 12.1 Å². The monoisotopic (exact) mass is 321 g/mol. The number of hydrogen-bond acceptors (Lipinski definition) is 4. The predicted molar refractivity (Wildman–Crippen MR) is 88.1 cm³/mol. The van der Waals surface area contributed by atoms with Gasteiger partial charge in [-0.1, -0.05) is 12.1 Å². The maximum Gasteiger partial charge on any atom is 0.175 e. The number of anilines is 1. The molecule has 1 aliphatic carbocycles. The Kier molecular flexibility index (Phi) is 3.58. The summed E-state index contributed by atoms with van der Waals surface area (Å²) in [7, 11) is -3.10. The van der Waals surface area contributed by atoms with Crippen LogP contribution in [0.4, 0.5) is 5.00 Å². The van der Waals surface area contributed by atoms with Crippen molar-refractivity contribution >= 4 is 26.2 Å². The summed E-state index contributed by atoms with van der Waals surface area (Å²) >= 11 is 1.76. The number of nitrogens with one attached hydrogen (secondary N) is 1. The first-order valence-corrected chi connectivity index (χ1v) is 9.74. The molecule has 2 aromatic rings. The zero-order valence-electron chi connectivity index (χ0n) is 12.4. The minimum atomic E-state index is -3.10. The van der Waals surface area contributed by atoms with Crippen LogP contribution in [0.25, 0.3) is 0 Å². The Morgan fingerprint density at radius 3 is 2.38 bits per heavy atom. The van der Waals surface area contributed by atoms with E-state index in [-0.39, 0.29) is 0 Å². The Bertz CT molecular complexity index is 760. The summed E-state index contributed by atoms with van der Waals surface area (Å²) in [5.74, 6) is 0.486. The normalized spacial score (nSPS) is 21.3. The van der Waals surface area contributed by atoms with E-state index >= 15 is 0 Å². The van der Waals surface area contributed by atoms with Crippen molar-refractivity contribution in [2.45, 2.75) is 37.1 Å². The Balaban J connectivity index is 1.69. The molecule has 2 unspecified atom stereocenters. The molecule has 0 saturated heterocycles. The molecular weight excluding hydrogens is 302 g/mol. The topological polar surface area (TPSA) is 46.2 Å². The smallest absolute Gasteiger partial charge is 0.175 e. The zero-order valence-corrected chi connectivity index (χ0v) is 14.0. The van der Waals surface area contributed by atoms with Crippen LogP contribution in [-0.2, 0) is 9.84 Å². The molecule has 1 fully saturated rings. The number of thiophene rings is 1.